The predicted molar refractivity (Wildman–Crippen MR) is 66.9 cm³/mol. The van der Waals surface area contributed by atoms with Gasteiger partial charge in [-0.05, 0) is 12.1 Å². The molecule has 1 heterocycles. The van der Waals surface area contributed by atoms with Crippen molar-refractivity contribution in [3.05, 3.63) is 38.6 Å². The molecule has 0 unspecified atom stereocenters. The molecule has 0 saturated carbocycles. The third-order valence-electron chi connectivity index (χ3n) is 2.00. The van der Waals surface area contributed by atoms with E-state index in [0.717, 1.165) is 16.3 Å². The molecule has 0 fully saturated rings. The molecule has 1 aromatic heterocycles. The van der Waals surface area contributed by atoms with E-state index in [1.807, 2.05) is 11.4 Å². The van der Waals surface area contributed by atoms with E-state index in [2.05, 4.69) is 11.1 Å². The van der Waals surface area contributed by atoms with E-state index in [-0.39, 0.29) is 0 Å². The standard InChI is InChI=1S/C11H6Cl2N2S/c12-8-2-1-7(5-9(8)13)10-6-16-11(15-10)3-4-14/h1-2,5-6H,3H2. The van der Waals surface area contributed by atoms with E-state index in [1.165, 1.54) is 11.3 Å². The molecule has 0 atom stereocenters. The monoisotopic (exact) mass is 268 g/mol. The van der Waals surface area contributed by atoms with Crippen LogP contribution in [0.25, 0.3) is 11.3 Å². The lowest BCUT2D eigenvalue weighted by molar-refractivity contribution is 1.19. The van der Waals surface area contributed by atoms with Gasteiger partial charge in [0.05, 0.1) is 28.2 Å². The van der Waals surface area contributed by atoms with Crippen molar-refractivity contribution in [3.63, 3.8) is 0 Å². The number of nitrogens with zero attached hydrogens (tertiary/aromatic N) is 2. The largest absolute Gasteiger partial charge is 0.240 e. The summed E-state index contributed by atoms with van der Waals surface area (Å²) in [6, 6.07) is 7.44. The first-order valence-electron chi connectivity index (χ1n) is 4.47. The van der Waals surface area contributed by atoms with Crippen LogP contribution >= 0.6 is 34.5 Å². The molecule has 2 aromatic rings. The summed E-state index contributed by atoms with van der Waals surface area (Å²) < 4.78 is 0. The van der Waals surface area contributed by atoms with Gasteiger partial charge in [-0.2, -0.15) is 5.26 Å². The molecule has 0 bridgehead atoms. The number of nitriles is 1. The van der Waals surface area contributed by atoms with Gasteiger partial charge in [0.1, 0.15) is 5.01 Å². The zero-order valence-electron chi connectivity index (χ0n) is 8.08. The molecule has 16 heavy (non-hydrogen) atoms. The van der Waals surface area contributed by atoms with Crippen molar-refractivity contribution >= 4 is 34.5 Å². The van der Waals surface area contributed by atoms with Gasteiger partial charge >= 0.3 is 0 Å². The third kappa shape index (κ3) is 2.35. The summed E-state index contributed by atoms with van der Waals surface area (Å²) in [4.78, 5) is 4.34. The van der Waals surface area contributed by atoms with E-state index in [4.69, 9.17) is 28.5 Å². The number of hydrogen-bond donors (Lipinski definition) is 0. The molecule has 0 N–H and O–H groups in total. The van der Waals surface area contributed by atoms with Crippen molar-refractivity contribution in [1.82, 2.24) is 4.98 Å². The van der Waals surface area contributed by atoms with Crippen LogP contribution < -0.4 is 0 Å². The van der Waals surface area contributed by atoms with Gasteiger partial charge in [-0.1, -0.05) is 29.3 Å². The van der Waals surface area contributed by atoms with Gasteiger partial charge < -0.3 is 0 Å². The van der Waals surface area contributed by atoms with Crippen LogP contribution in [0.3, 0.4) is 0 Å². The summed E-state index contributed by atoms with van der Waals surface area (Å²) in [7, 11) is 0. The molecule has 1 aromatic carbocycles. The first kappa shape index (κ1) is 11.4. The van der Waals surface area contributed by atoms with Crippen LogP contribution in [0.4, 0.5) is 0 Å². The van der Waals surface area contributed by atoms with E-state index in [1.54, 1.807) is 12.1 Å². The summed E-state index contributed by atoms with van der Waals surface area (Å²) in [6.07, 6.45) is 0.339. The minimum Gasteiger partial charge on any atom is -0.240 e. The highest BCUT2D eigenvalue weighted by Crippen LogP contribution is 2.29. The van der Waals surface area contributed by atoms with Crippen molar-refractivity contribution in [2.75, 3.05) is 0 Å². The van der Waals surface area contributed by atoms with Crippen LogP contribution in [0.2, 0.25) is 10.0 Å². The Kier molecular flexibility index (Phi) is 3.45. The van der Waals surface area contributed by atoms with Crippen molar-refractivity contribution < 1.29 is 0 Å². The summed E-state index contributed by atoms with van der Waals surface area (Å²) in [5.74, 6) is 0. The van der Waals surface area contributed by atoms with Gasteiger partial charge in [-0.15, -0.1) is 11.3 Å². The topological polar surface area (TPSA) is 36.7 Å². The maximum atomic E-state index is 8.56. The second-order valence-corrected chi connectivity index (χ2v) is 4.85. The molecule has 0 aliphatic heterocycles. The Labute approximate surface area is 107 Å². The molecule has 2 rings (SSSR count). The zero-order chi connectivity index (χ0) is 11.5. The summed E-state index contributed by atoms with van der Waals surface area (Å²) in [5, 5.41) is 12.3. The lowest BCUT2D eigenvalue weighted by Gasteiger charge is -1.99. The van der Waals surface area contributed by atoms with Crippen LogP contribution in [0.15, 0.2) is 23.6 Å². The van der Waals surface area contributed by atoms with Crippen molar-refractivity contribution in [2.45, 2.75) is 6.42 Å². The SMILES string of the molecule is N#CCc1nc(-c2ccc(Cl)c(Cl)c2)cs1. The molecular formula is C11H6Cl2N2S. The molecule has 0 aliphatic rings. The fraction of sp³-hybridized carbons (Fsp3) is 0.0909. The Morgan fingerprint density at radius 2 is 2.12 bits per heavy atom. The Hall–Kier alpha value is -1.08. The molecule has 0 spiro atoms. The first-order chi connectivity index (χ1) is 7.70. The highest BCUT2D eigenvalue weighted by atomic mass is 35.5. The number of benzene rings is 1. The van der Waals surface area contributed by atoms with E-state index >= 15 is 0 Å². The second kappa shape index (κ2) is 4.84. The number of thiazole rings is 1. The Bertz CT molecular complexity index is 557. The minimum atomic E-state index is 0.339. The van der Waals surface area contributed by atoms with Crippen LogP contribution in [0.5, 0.6) is 0 Å². The maximum Gasteiger partial charge on any atom is 0.107 e. The number of aromatic nitrogens is 1. The average molecular weight is 269 g/mol. The fourth-order valence-electron chi connectivity index (χ4n) is 1.25. The van der Waals surface area contributed by atoms with Crippen molar-refractivity contribution in [1.29, 1.82) is 5.26 Å². The van der Waals surface area contributed by atoms with Crippen molar-refractivity contribution in [3.8, 4) is 17.3 Å². The summed E-state index contributed by atoms with van der Waals surface area (Å²) >= 11 is 13.2. The molecule has 5 heteroatoms. The summed E-state index contributed by atoms with van der Waals surface area (Å²) in [5.41, 5.74) is 1.74. The van der Waals surface area contributed by atoms with Gasteiger partial charge in [-0.3, -0.25) is 0 Å². The molecule has 0 amide bonds. The molecule has 80 valence electrons. The number of rotatable bonds is 2. The third-order valence-corrected chi connectivity index (χ3v) is 3.59. The van der Waals surface area contributed by atoms with Gasteiger partial charge in [0.25, 0.3) is 0 Å². The lowest BCUT2D eigenvalue weighted by Crippen LogP contribution is -1.81. The van der Waals surface area contributed by atoms with Crippen LogP contribution in [0, 0.1) is 11.3 Å². The van der Waals surface area contributed by atoms with Gasteiger partial charge in [0.15, 0.2) is 0 Å². The van der Waals surface area contributed by atoms with Gasteiger partial charge in [-0.25, -0.2) is 4.98 Å². The Balaban J connectivity index is 2.36. The van der Waals surface area contributed by atoms with E-state index in [9.17, 15) is 0 Å². The fourth-order valence-corrected chi connectivity index (χ4v) is 2.28. The quantitative estimate of drug-likeness (QED) is 0.819. The molecular weight excluding hydrogens is 263 g/mol. The minimum absolute atomic E-state index is 0.339. The molecule has 2 nitrogen and oxygen atoms in total. The highest BCUT2D eigenvalue weighted by Gasteiger charge is 2.06. The maximum absolute atomic E-state index is 8.56. The normalized spacial score (nSPS) is 10.1. The van der Waals surface area contributed by atoms with Crippen LogP contribution in [0.1, 0.15) is 5.01 Å². The molecule has 0 saturated heterocycles. The highest BCUT2D eigenvalue weighted by molar-refractivity contribution is 7.10. The summed E-state index contributed by atoms with van der Waals surface area (Å²) in [6.45, 7) is 0. The lowest BCUT2D eigenvalue weighted by atomic mass is 10.2. The molecule has 0 radical (unpaired) electrons. The Morgan fingerprint density at radius 1 is 1.31 bits per heavy atom. The van der Waals surface area contributed by atoms with Crippen LogP contribution in [-0.4, -0.2) is 4.98 Å². The first-order valence-corrected chi connectivity index (χ1v) is 6.11. The zero-order valence-corrected chi connectivity index (χ0v) is 10.4. The van der Waals surface area contributed by atoms with Gasteiger partial charge in [0, 0.05) is 10.9 Å². The predicted octanol–water partition coefficient (Wildman–Crippen LogP) is 4.18. The van der Waals surface area contributed by atoms with Crippen molar-refractivity contribution in [2.24, 2.45) is 0 Å². The van der Waals surface area contributed by atoms with E-state index in [0.29, 0.717) is 16.5 Å². The number of hydrogen-bond acceptors (Lipinski definition) is 3. The van der Waals surface area contributed by atoms with Crippen LogP contribution in [-0.2, 0) is 6.42 Å². The average Bonchev–Trinajstić information content (AvgIpc) is 2.71. The van der Waals surface area contributed by atoms with Gasteiger partial charge in [0.2, 0.25) is 0 Å². The smallest absolute Gasteiger partial charge is 0.107 e. The molecule has 0 aliphatic carbocycles. The Morgan fingerprint density at radius 3 is 2.81 bits per heavy atom. The van der Waals surface area contributed by atoms with E-state index < -0.39 is 0 Å². The second-order valence-electron chi connectivity index (χ2n) is 3.09. The number of halogens is 2.